The summed E-state index contributed by atoms with van der Waals surface area (Å²) in [5.74, 6) is 0.309. The molecule has 0 saturated heterocycles. The Morgan fingerprint density at radius 1 is 0.947 bits per heavy atom. The van der Waals surface area contributed by atoms with E-state index >= 15 is 0 Å². The third-order valence-corrected chi connectivity index (χ3v) is 7.02. The van der Waals surface area contributed by atoms with Crippen molar-refractivity contribution in [1.29, 1.82) is 0 Å². The maximum absolute atomic E-state index is 13.1. The number of phenols is 1. The van der Waals surface area contributed by atoms with Gasteiger partial charge in [0, 0.05) is 41.5 Å². The maximum Gasteiger partial charge on any atom is 0.340 e. The SMILES string of the molecule is Cc1ccc2c(c1)Oc1cc(O)ccc1C21OC(=O)c2ccc(C(=O)NCCCCCCOC(C)C)cc21. The number of nitrogens with one attached hydrogen (secondary N) is 1. The van der Waals surface area contributed by atoms with Crippen molar-refractivity contribution in [2.45, 2.75) is 58.2 Å². The Labute approximate surface area is 222 Å². The molecule has 2 aliphatic heterocycles. The van der Waals surface area contributed by atoms with Crippen LogP contribution in [0.25, 0.3) is 0 Å². The summed E-state index contributed by atoms with van der Waals surface area (Å²) in [5.41, 5.74) is 2.40. The van der Waals surface area contributed by atoms with Crippen molar-refractivity contribution < 1.29 is 28.9 Å². The number of aromatic hydroxyl groups is 1. The molecule has 1 atom stereocenters. The third-order valence-electron chi connectivity index (χ3n) is 7.02. The van der Waals surface area contributed by atoms with Crippen LogP contribution in [0.5, 0.6) is 17.2 Å². The molecule has 1 amide bonds. The number of esters is 1. The van der Waals surface area contributed by atoms with E-state index in [0.717, 1.165) is 37.9 Å². The minimum atomic E-state index is -1.29. The highest BCUT2D eigenvalue weighted by Crippen LogP contribution is 2.56. The van der Waals surface area contributed by atoms with Crippen molar-refractivity contribution in [3.05, 3.63) is 88.0 Å². The van der Waals surface area contributed by atoms with Crippen LogP contribution < -0.4 is 10.1 Å². The molecule has 0 aromatic heterocycles. The van der Waals surface area contributed by atoms with Crippen LogP contribution in [-0.4, -0.2) is 36.2 Å². The normalized spacial score (nSPS) is 17.0. The Hall–Kier alpha value is -3.84. The van der Waals surface area contributed by atoms with Crippen molar-refractivity contribution in [1.82, 2.24) is 5.32 Å². The number of rotatable bonds is 9. The lowest BCUT2D eigenvalue weighted by Crippen LogP contribution is -2.33. The fourth-order valence-electron chi connectivity index (χ4n) is 5.16. The van der Waals surface area contributed by atoms with Crippen LogP contribution in [0, 0.1) is 6.92 Å². The second-order valence-corrected chi connectivity index (χ2v) is 10.2. The van der Waals surface area contributed by atoms with Gasteiger partial charge in [0.1, 0.15) is 17.2 Å². The summed E-state index contributed by atoms with van der Waals surface area (Å²) in [4.78, 5) is 26.2. The lowest BCUT2D eigenvalue weighted by Gasteiger charge is -2.36. The minimum absolute atomic E-state index is 0.0418. The van der Waals surface area contributed by atoms with Gasteiger partial charge in [-0.1, -0.05) is 25.0 Å². The molecule has 7 nitrogen and oxygen atoms in total. The number of carbonyl (C=O) groups is 2. The predicted octanol–water partition coefficient (Wildman–Crippen LogP) is 5.98. The van der Waals surface area contributed by atoms with Gasteiger partial charge in [0.25, 0.3) is 5.91 Å². The molecule has 0 saturated carbocycles. The van der Waals surface area contributed by atoms with Crippen molar-refractivity contribution in [2.75, 3.05) is 13.2 Å². The van der Waals surface area contributed by atoms with Gasteiger partial charge in [-0.3, -0.25) is 4.79 Å². The zero-order chi connectivity index (χ0) is 26.9. The lowest BCUT2D eigenvalue weighted by atomic mass is 9.77. The van der Waals surface area contributed by atoms with E-state index in [-0.39, 0.29) is 17.8 Å². The van der Waals surface area contributed by atoms with Crippen LogP contribution in [0.4, 0.5) is 0 Å². The molecule has 38 heavy (non-hydrogen) atoms. The van der Waals surface area contributed by atoms with Crippen LogP contribution in [0.3, 0.4) is 0 Å². The number of phenolic OH excluding ortho intramolecular Hbond substituents is 1. The zero-order valence-electron chi connectivity index (χ0n) is 22.0. The highest BCUT2D eigenvalue weighted by Gasteiger charge is 2.53. The van der Waals surface area contributed by atoms with E-state index in [0.29, 0.717) is 45.9 Å². The number of amides is 1. The number of hydrogen-bond donors (Lipinski definition) is 2. The number of benzene rings is 3. The Kier molecular flexibility index (Phi) is 7.13. The number of hydrogen-bond acceptors (Lipinski definition) is 6. The number of aryl methyl sites for hydroxylation is 1. The van der Waals surface area contributed by atoms with Gasteiger partial charge in [-0.25, -0.2) is 4.79 Å². The molecule has 198 valence electrons. The molecule has 5 rings (SSSR count). The van der Waals surface area contributed by atoms with E-state index in [9.17, 15) is 14.7 Å². The van der Waals surface area contributed by atoms with Crippen LogP contribution in [-0.2, 0) is 15.1 Å². The second kappa shape index (κ2) is 10.5. The van der Waals surface area contributed by atoms with Crippen LogP contribution >= 0.6 is 0 Å². The summed E-state index contributed by atoms with van der Waals surface area (Å²) in [5, 5.41) is 13.1. The average molecular weight is 516 g/mol. The minimum Gasteiger partial charge on any atom is -0.508 e. The topological polar surface area (TPSA) is 94.1 Å². The van der Waals surface area contributed by atoms with E-state index in [1.165, 1.54) is 6.07 Å². The fraction of sp³-hybridized carbons (Fsp3) is 0.355. The summed E-state index contributed by atoms with van der Waals surface area (Å²) in [6.45, 7) is 7.34. The zero-order valence-corrected chi connectivity index (χ0v) is 22.0. The van der Waals surface area contributed by atoms with Gasteiger partial charge in [-0.2, -0.15) is 0 Å². The molecule has 2 N–H and O–H groups in total. The summed E-state index contributed by atoms with van der Waals surface area (Å²) >= 11 is 0. The van der Waals surface area contributed by atoms with E-state index in [1.807, 2.05) is 39.0 Å². The molecular formula is C31H33NO6. The quantitative estimate of drug-likeness (QED) is 0.269. The lowest BCUT2D eigenvalue weighted by molar-refractivity contribution is 0.0224. The van der Waals surface area contributed by atoms with Crippen molar-refractivity contribution in [2.24, 2.45) is 0 Å². The molecule has 3 aromatic carbocycles. The molecule has 0 aliphatic carbocycles. The van der Waals surface area contributed by atoms with Gasteiger partial charge in [0.2, 0.25) is 0 Å². The summed E-state index contributed by atoms with van der Waals surface area (Å²) < 4.78 is 17.8. The smallest absolute Gasteiger partial charge is 0.340 e. The first-order chi connectivity index (χ1) is 18.3. The first-order valence-electron chi connectivity index (χ1n) is 13.2. The molecule has 0 bridgehead atoms. The van der Waals surface area contributed by atoms with Gasteiger partial charge in [-0.05, 0) is 75.6 Å². The van der Waals surface area contributed by atoms with Gasteiger partial charge < -0.3 is 24.6 Å². The molecule has 1 spiro atoms. The third kappa shape index (κ3) is 4.74. The molecule has 2 aliphatic rings. The molecule has 0 radical (unpaired) electrons. The van der Waals surface area contributed by atoms with E-state index in [1.54, 1.807) is 30.3 Å². The van der Waals surface area contributed by atoms with Gasteiger partial charge >= 0.3 is 5.97 Å². The Bertz CT molecular complexity index is 1330. The largest absolute Gasteiger partial charge is 0.508 e. The molecule has 3 aromatic rings. The van der Waals surface area contributed by atoms with Gasteiger partial charge in [0.05, 0.1) is 11.7 Å². The van der Waals surface area contributed by atoms with Crippen molar-refractivity contribution in [3.63, 3.8) is 0 Å². The molecule has 7 heteroatoms. The van der Waals surface area contributed by atoms with Crippen LogP contribution in [0.1, 0.15) is 82.5 Å². The highest BCUT2D eigenvalue weighted by atomic mass is 16.6. The Morgan fingerprint density at radius 3 is 2.47 bits per heavy atom. The number of carbonyl (C=O) groups excluding carboxylic acids is 2. The molecule has 2 heterocycles. The number of fused-ring (bicyclic) bond motifs is 6. The molecule has 1 unspecified atom stereocenters. The molecule has 0 fully saturated rings. The average Bonchev–Trinajstić information content (AvgIpc) is 3.17. The first kappa shape index (κ1) is 25.8. The predicted molar refractivity (Wildman–Crippen MR) is 143 cm³/mol. The van der Waals surface area contributed by atoms with Crippen LogP contribution in [0.2, 0.25) is 0 Å². The maximum atomic E-state index is 13.1. The van der Waals surface area contributed by atoms with E-state index in [2.05, 4.69) is 5.32 Å². The second-order valence-electron chi connectivity index (χ2n) is 10.2. The molecular weight excluding hydrogens is 482 g/mol. The summed E-state index contributed by atoms with van der Waals surface area (Å²) in [6.07, 6.45) is 4.21. The van der Waals surface area contributed by atoms with Crippen molar-refractivity contribution in [3.8, 4) is 17.2 Å². The monoisotopic (exact) mass is 515 g/mol. The number of unbranched alkanes of at least 4 members (excludes halogenated alkanes) is 3. The van der Waals surface area contributed by atoms with E-state index in [4.69, 9.17) is 14.2 Å². The highest BCUT2D eigenvalue weighted by molar-refractivity contribution is 6.00. The van der Waals surface area contributed by atoms with Crippen molar-refractivity contribution >= 4 is 11.9 Å². The Morgan fingerprint density at radius 2 is 1.68 bits per heavy atom. The van der Waals surface area contributed by atoms with Gasteiger partial charge in [0.15, 0.2) is 5.60 Å². The standard InChI is InChI=1S/C31H33NO6/c1-19(2)36-15-7-5-4-6-14-32-29(34)21-9-11-23-26(17-21)31(38-30(23)35)24-12-8-20(3)16-27(24)37-28-18-22(33)10-13-25(28)31/h8-13,16-19,33H,4-7,14-15H2,1-3H3,(H,32,34). The number of ether oxygens (including phenoxy) is 3. The van der Waals surface area contributed by atoms with Crippen LogP contribution in [0.15, 0.2) is 54.6 Å². The van der Waals surface area contributed by atoms with Gasteiger partial charge in [-0.15, -0.1) is 0 Å². The Balaban J connectivity index is 1.40. The fourth-order valence-corrected chi connectivity index (χ4v) is 5.16. The summed E-state index contributed by atoms with van der Waals surface area (Å²) in [6, 6.07) is 15.5. The first-order valence-corrected chi connectivity index (χ1v) is 13.2. The summed E-state index contributed by atoms with van der Waals surface area (Å²) in [7, 11) is 0. The van der Waals surface area contributed by atoms with E-state index < -0.39 is 11.6 Å².